The molecule has 1 aromatic carbocycles. The zero-order chi connectivity index (χ0) is 14.5. The minimum atomic E-state index is -3.61. The van der Waals surface area contributed by atoms with Gasteiger partial charge in [-0.25, -0.2) is 9.68 Å². The van der Waals surface area contributed by atoms with E-state index in [1.54, 1.807) is 26.0 Å². The second-order valence-electron chi connectivity index (χ2n) is 3.75. The number of carbonyl (C=O) groups is 1. The van der Waals surface area contributed by atoms with Crippen molar-refractivity contribution in [2.45, 2.75) is 20.0 Å². The Morgan fingerprint density at radius 1 is 1.37 bits per heavy atom. The molecule has 1 aromatic rings. The highest BCUT2D eigenvalue weighted by Crippen LogP contribution is 2.45. The van der Waals surface area contributed by atoms with Crippen molar-refractivity contribution in [3.05, 3.63) is 29.8 Å². The highest BCUT2D eigenvalue weighted by atomic mass is 32.5. The van der Waals surface area contributed by atoms with E-state index >= 15 is 0 Å². The van der Waals surface area contributed by atoms with Gasteiger partial charge in [0.05, 0.1) is 13.2 Å². The largest absolute Gasteiger partial charge is 0.459 e. The smallest absolute Gasteiger partial charge is 0.405 e. The first-order valence-corrected chi connectivity index (χ1v) is 7.99. The number of rotatable bonds is 6. The maximum Gasteiger partial charge on any atom is 0.405 e. The number of para-hydroxylation sites is 1. The van der Waals surface area contributed by atoms with Gasteiger partial charge in [-0.05, 0) is 26.0 Å². The van der Waals surface area contributed by atoms with Crippen LogP contribution in [0.1, 0.15) is 24.2 Å². The first-order valence-electron chi connectivity index (χ1n) is 5.40. The Hall–Kier alpha value is -0.980. The van der Waals surface area contributed by atoms with E-state index in [0.29, 0.717) is 0 Å². The van der Waals surface area contributed by atoms with E-state index in [2.05, 4.69) is 9.56 Å². The zero-order valence-corrected chi connectivity index (χ0v) is 12.4. The van der Waals surface area contributed by atoms with Gasteiger partial charge in [-0.1, -0.05) is 12.1 Å². The molecule has 0 aliphatic heterocycles. The lowest BCUT2D eigenvalue weighted by Gasteiger charge is -2.16. The lowest BCUT2D eigenvalue weighted by molar-refractivity contribution is -0.185. The van der Waals surface area contributed by atoms with Gasteiger partial charge in [0.1, 0.15) is 11.3 Å². The summed E-state index contributed by atoms with van der Waals surface area (Å²) in [6, 6.07) is 6.25. The highest BCUT2D eigenvalue weighted by Gasteiger charge is 2.22. The Bertz CT molecular complexity index is 490. The van der Waals surface area contributed by atoms with Crippen LogP contribution in [0.2, 0.25) is 0 Å². The normalized spacial score (nSPS) is 13.9. The van der Waals surface area contributed by atoms with Gasteiger partial charge in [0, 0.05) is 11.8 Å². The maximum atomic E-state index is 11.8. The van der Waals surface area contributed by atoms with Crippen molar-refractivity contribution in [2.75, 3.05) is 7.11 Å². The molecule has 6 nitrogen and oxygen atoms in total. The number of carbonyl (C=O) groups excluding carboxylic acids is 1. The molecule has 0 amide bonds. The summed E-state index contributed by atoms with van der Waals surface area (Å²) in [6.07, 6.45) is -0.270. The summed E-state index contributed by atoms with van der Waals surface area (Å²) in [5.41, 5.74) is 0.152. The van der Waals surface area contributed by atoms with Crippen LogP contribution in [0.3, 0.4) is 0 Å². The van der Waals surface area contributed by atoms with Crippen LogP contribution in [0.5, 0.6) is 5.75 Å². The third-order valence-electron chi connectivity index (χ3n) is 1.83. The molecule has 0 saturated heterocycles. The summed E-state index contributed by atoms with van der Waals surface area (Å²) in [5.74, 6) is -0.492. The van der Waals surface area contributed by atoms with Crippen molar-refractivity contribution in [3.63, 3.8) is 0 Å². The molecule has 0 heterocycles. The monoisotopic (exact) mass is 306 g/mol. The van der Waals surface area contributed by atoms with Crippen molar-refractivity contribution >= 4 is 24.5 Å². The predicted octanol–water partition coefficient (Wildman–Crippen LogP) is 2.43. The Balaban J connectivity index is 2.96. The van der Waals surface area contributed by atoms with Crippen LogP contribution < -0.4 is 4.52 Å². The topological polar surface area (TPSA) is 74.2 Å². The van der Waals surface area contributed by atoms with Crippen LogP contribution in [0.15, 0.2) is 24.3 Å². The van der Waals surface area contributed by atoms with E-state index in [0.717, 1.165) is 0 Å². The molecule has 0 aliphatic carbocycles. The second kappa shape index (κ2) is 6.98. The molecule has 0 radical (unpaired) electrons. The molecule has 0 bridgehead atoms. The number of benzene rings is 1. The van der Waals surface area contributed by atoms with Gasteiger partial charge in [0.15, 0.2) is 0 Å². The number of hydrogen-bond donors (Lipinski definition) is 1. The quantitative estimate of drug-likeness (QED) is 0.374. The summed E-state index contributed by atoms with van der Waals surface area (Å²) < 4.78 is 14.6. The third-order valence-corrected chi connectivity index (χ3v) is 3.00. The maximum absolute atomic E-state index is 11.8. The molecule has 19 heavy (non-hydrogen) atoms. The van der Waals surface area contributed by atoms with Crippen LogP contribution in [0.25, 0.3) is 0 Å². The second-order valence-corrected chi connectivity index (χ2v) is 6.40. The standard InChI is InChI=1S/C11H15O6PS/c1-8(2)15-11(12)9-6-4-5-7-10(9)16-18(13,19)17-14-3/h4-8H,1-3H3,(H,13,19). The SMILES string of the molecule is COOP(O)(=S)Oc1ccccc1C(=O)OC(C)C. The number of hydrogen-bond acceptors (Lipinski definition) is 6. The average molecular weight is 306 g/mol. The van der Waals surface area contributed by atoms with Crippen LogP contribution in [-0.4, -0.2) is 24.1 Å². The summed E-state index contributed by atoms with van der Waals surface area (Å²) in [6.45, 7) is -0.156. The minimum absolute atomic E-state index is 0.0797. The van der Waals surface area contributed by atoms with Gasteiger partial charge in [-0.15, -0.1) is 4.67 Å². The van der Waals surface area contributed by atoms with E-state index in [1.165, 1.54) is 19.2 Å². The van der Waals surface area contributed by atoms with E-state index in [4.69, 9.17) is 21.1 Å². The van der Waals surface area contributed by atoms with Gasteiger partial charge in [0.2, 0.25) is 0 Å². The average Bonchev–Trinajstić information content (AvgIpc) is 2.27. The van der Waals surface area contributed by atoms with Crippen LogP contribution >= 0.6 is 6.72 Å². The van der Waals surface area contributed by atoms with Gasteiger partial charge < -0.3 is 14.2 Å². The Morgan fingerprint density at radius 2 is 2.00 bits per heavy atom. The summed E-state index contributed by atoms with van der Waals surface area (Å²) in [7, 11) is 1.19. The van der Waals surface area contributed by atoms with Gasteiger partial charge >= 0.3 is 12.7 Å². The molecular weight excluding hydrogens is 291 g/mol. The molecule has 0 saturated carbocycles. The Labute approximate surface area is 116 Å². The van der Waals surface area contributed by atoms with Crippen molar-refractivity contribution in [3.8, 4) is 5.75 Å². The minimum Gasteiger partial charge on any atom is -0.459 e. The number of esters is 1. The van der Waals surface area contributed by atoms with Gasteiger partial charge in [-0.2, -0.15) is 0 Å². The van der Waals surface area contributed by atoms with Crippen LogP contribution in [0.4, 0.5) is 0 Å². The summed E-state index contributed by atoms with van der Waals surface area (Å²) in [5, 5.41) is 0. The fraction of sp³-hybridized carbons (Fsp3) is 0.364. The first kappa shape index (κ1) is 16.1. The third kappa shape index (κ3) is 5.26. The fourth-order valence-corrected chi connectivity index (χ4v) is 2.28. The van der Waals surface area contributed by atoms with Crippen LogP contribution in [0, 0.1) is 0 Å². The molecule has 1 N–H and O–H groups in total. The van der Waals surface area contributed by atoms with E-state index < -0.39 is 12.7 Å². The lowest BCUT2D eigenvalue weighted by atomic mass is 10.2. The fourth-order valence-electron chi connectivity index (χ4n) is 1.23. The Morgan fingerprint density at radius 3 is 2.58 bits per heavy atom. The van der Waals surface area contributed by atoms with Gasteiger partial charge in [0.25, 0.3) is 0 Å². The first-order chi connectivity index (χ1) is 8.85. The zero-order valence-electron chi connectivity index (χ0n) is 10.7. The predicted molar refractivity (Wildman–Crippen MR) is 72.2 cm³/mol. The summed E-state index contributed by atoms with van der Waals surface area (Å²) in [4.78, 5) is 25.8. The molecule has 0 aromatic heterocycles. The van der Waals surface area contributed by atoms with Crippen molar-refractivity contribution in [2.24, 2.45) is 0 Å². The molecule has 0 aliphatic rings. The van der Waals surface area contributed by atoms with E-state index in [1.807, 2.05) is 0 Å². The molecule has 106 valence electrons. The molecule has 1 rings (SSSR count). The highest BCUT2D eigenvalue weighted by molar-refractivity contribution is 8.07. The number of ether oxygens (including phenoxy) is 1. The molecule has 0 fully saturated rings. The van der Waals surface area contributed by atoms with Crippen molar-refractivity contribution < 1.29 is 28.5 Å². The summed E-state index contributed by atoms with van der Waals surface area (Å²) >= 11 is 4.70. The molecule has 0 spiro atoms. The molecule has 8 heteroatoms. The van der Waals surface area contributed by atoms with Crippen molar-refractivity contribution in [1.29, 1.82) is 0 Å². The lowest BCUT2D eigenvalue weighted by Crippen LogP contribution is -2.12. The Kier molecular flexibility index (Phi) is 5.90. The van der Waals surface area contributed by atoms with Crippen LogP contribution in [-0.2, 0) is 26.1 Å². The van der Waals surface area contributed by atoms with Gasteiger partial charge in [-0.3, -0.25) is 0 Å². The molecular formula is C11H15O6PS. The van der Waals surface area contributed by atoms with E-state index in [9.17, 15) is 9.69 Å². The molecule has 1 unspecified atom stereocenters. The molecule has 1 atom stereocenters. The van der Waals surface area contributed by atoms with E-state index in [-0.39, 0.29) is 17.4 Å². The van der Waals surface area contributed by atoms with Crippen molar-refractivity contribution in [1.82, 2.24) is 0 Å².